The average molecular weight is 207 g/mol. The molecule has 0 spiro atoms. The number of fused-ring (bicyclic) bond motifs is 1. The van der Waals surface area contributed by atoms with Crippen molar-refractivity contribution in [1.82, 2.24) is 0 Å². The van der Waals surface area contributed by atoms with Gasteiger partial charge in [-0.1, -0.05) is 12.1 Å². The molecule has 0 aromatic heterocycles. The molecule has 1 aliphatic rings. The Kier molecular flexibility index (Phi) is 2.60. The second-order valence-electron chi connectivity index (χ2n) is 3.46. The van der Waals surface area contributed by atoms with Gasteiger partial charge in [-0.2, -0.15) is 0 Å². The Morgan fingerprint density at radius 3 is 3.13 bits per heavy atom. The van der Waals surface area contributed by atoms with Crippen LogP contribution in [0.3, 0.4) is 0 Å². The molecule has 80 valence electrons. The molecule has 0 amide bonds. The molecule has 0 fully saturated rings. The zero-order valence-electron chi connectivity index (χ0n) is 8.53. The van der Waals surface area contributed by atoms with Crippen LogP contribution >= 0.6 is 0 Å². The van der Waals surface area contributed by atoms with Crippen LogP contribution < -0.4 is 10.5 Å². The summed E-state index contributed by atoms with van der Waals surface area (Å²) in [5, 5.41) is 0. The Morgan fingerprint density at radius 2 is 2.40 bits per heavy atom. The van der Waals surface area contributed by atoms with Crippen molar-refractivity contribution in [2.24, 2.45) is 5.73 Å². The van der Waals surface area contributed by atoms with Crippen molar-refractivity contribution in [2.75, 3.05) is 13.7 Å². The van der Waals surface area contributed by atoms with E-state index in [0.29, 0.717) is 17.9 Å². The quantitative estimate of drug-likeness (QED) is 0.704. The maximum absolute atomic E-state index is 11.4. The van der Waals surface area contributed by atoms with Gasteiger partial charge in [0.2, 0.25) is 0 Å². The van der Waals surface area contributed by atoms with Gasteiger partial charge in [-0.15, -0.1) is 0 Å². The number of rotatable bonds is 1. The standard InChI is InChI=1S/C11H13NO3/c1-14-11(13)8-4-2-3-7-9(12)5-6-15-10(7)8/h2-4,9H,5-6,12H2,1H3/t9-/m0/s1. The lowest BCUT2D eigenvalue weighted by molar-refractivity contribution is 0.0594. The van der Waals surface area contributed by atoms with E-state index in [9.17, 15) is 4.79 Å². The molecule has 2 N–H and O–H groups in total. The molecule has 0 radical (unpaired) electrons. The van der Waals surface area contributed by atoms with Crippen molar-refractivity contribution in [3.05, 3.63) is 29.3 Å². The molecule has 1 aromatic rings. The van der Waals surface area contributed by atoms with Crippen molar-refractivity contribution in [3.63, 3.8) is 0 Å². The highest BCUT2D eigenvalue weighted by atomic mass is 16.5. The number of esters is 1. The molecule has 4 nitrogen and oxygen atoms in total. The largest absolute Gasteiger partial charge is 0.492 e. The summed E-state index contributed by atoms with van der Waals surface area (Å²) in [6, 6.07) is 5.30. The number of nitrogens with two attached hydrogens (primary N) is 1. The molecule has 0 unspecified atom stereocenters. The van der Waals surface area contributed by atoms with E-state index in [1.807, 2.05) is 6.07 Å². The van der Waals surface area contributed by atoms with Gasteiger partial charge in [-0.3, -0.25) is 0 Å². The summed E-state index contributed by atoms with van der Waals surface area (Å²) < 4.78 is 10.1. The first-order valence-electron chi connectivity index (χ1n) is 4.83. The number of methoxy groups -OCH3 is 1. The fourth-order valence-electron chi connectivity index (χ4n) is 1.72. The predicted octanol–water partition coefficient (Wildman–Crippen LogP) is 1.26. The highest BCUT2D eigenvalue weighted by Gasteiger charge is 2.23. The Hall–Kier alpha value is -1.55. The fourth-order valence-corrected chi connectivity index (χ4v) is 1.72. The van der Waals surface area contributed by atoms with Crippen LogP contribution in [-0.4, -0.2) is 19.7 Å². The van der Waals surface area contributed by atoms with Crippen molar-refractivity contribution in [3.8, 4) is 5.75 Å². The van der Waals surface area contributed by atoms with Gasteiger partial charge >= 0.3 is 5.97 Å². The first kappa shape index (κ1) is 9.98. The predicted molar refractivity (Wildman–Crippen MR) is 54.8 cm³/mol. The molecule has 2 rings (SSSR count). The third-order valence-corrected chi connectivity index (χ3v) is 2.53. The van der Waals surface area contributed by atoms with Gasteiger partial charge in [-0.25, -0.2) is 4.79 Å². The average Bonchev–Trinajstić information content (AvgIpc) is 2.28. The van der Waals surface area contributed by atoms with Gasteiger partial charge in [0.1, 0.15) is 11.3 Å². The van der Waals surface area contributed by atoms with Gasteiger partial charge < -0.3 is 15.2 Å². The van der Waals surface area contributed by atoms with Gasteiger partial charge in [0, 0.05) is 18.0 Å². The lowest BCUT2D eigenvalue weighted by Gasteiger charge is -2.24. The summed E-state index contributed by atoms with van der Waals surface area (Å²) in [5.74, 6) is 0.184. The van der Waals surface area contributed by atoms with Crippen LogP contribution in [0.5, 0.6) is 5.75 Å². The molecular weight excluding hydrogens is 194 g/mol. The van der Waals surface area contributed by atoms with Gasteiger partial charge in [0.25, 0.3) is 0 Å². The lowest BCUT2D eigenvalue weighted by atomic mass is 9.98. The molecule has 1 aliphatic heterocycles. The number of carbonyl (C=O) groups is 1. The SMILES string of the molecule is COC(=O)c1cccc2c1OCC[C@@H]2N. The smallest absolute Gasteiger partial charge is 0.341 e. The van der Waals surface area contributed by atoms with Crippen LogP contribution in [0.4, 0.5) is 0 Å². The van der Waals surface area contributed by atoms with Crippen molar-refractivity contribution in [2.45, 2.75) is 12.5 Å². The summed E-state index contributed by atoms with van der Waals surface area (Å²) in [4.78, 5) is 11.4. The molecular formula is C11H13NO3. The van der Waals surface area contributed by atoms with Crippen LogP contribution in [0.15, 0.2) is 18.2 Å². The van der Waals surface area contributed by atoms with E-state index in [-0.39, 0.29) is 12.0 Å². The highest BCUT2D eigenvalue weighted by molar-refractivity contribution is 5.93. The molecule has 15 heavy (non-hydrogen) atoms. The minimum atomic E-state index is -0.388. The van der Waals surface area contributed by atoms with Crippen LogP contribution in [0.2, 0.25) is 0 Å². The minimum absolute atomic E-state index is 0.0571. The lowest BCUT2D eigenvalue weighted by Crippen LogP contribution is -2.22. The maximum Gasteiger partial charge on any atom is 0.341 e. The highest BCUT2D eigenvalue weighted by Crippen LogP contribution is 2.33. The topological polar surface area (TPSA) is 61.5 Å². The van der Waals surface area contributed by atoms with E-state index in [1.54, 1.807) is 12.1 Å². The van der Waals surface area contributed by atoms with E-state index in [0.717, 1.165) is 12.0 Å². The number of benzene rings is 1. The van der Waals surface area contributed by atoms with Gasteiger partial charge in [-0.05, 0) is 6.07 Å². The Bertz CT molecular complexity index is 389. The monoisotopic (exact) mass is 207 g/mol. The molecule has 1 heterocycles. The van der Waals surface area contributed by atoms with Crippen molar-refractivity contribution >= 4 is 5.97 Å². The number of ether oxygens (including phenoxy) is 2. The second kappa shape index (κ2) is 3.90. The molecule has 1 aromatic carbocycles. The fraction of sp³-hybridized carbons (Fsp3) is 0.364. The zero-order valence-corrected chi connectivity index (χ0v) is 8.53. The summed E-state index contributed by atoms with van der Waals surface area (Å²) >= 11 is 0. The minimum Gasteiger partial charge on any atom is -0.492 e. The van der Waals surface area contributed by atoms with Crippen LogP contribution in [0.1, 0.15) is 28.4 Å². The van der Waals surface area contributed by atoms with Gasteiger partial charge in [0.05, 0.1) is 13.7 Å². The van der Waals surface area contributed by atoms with E-state index in [1.165, 1.54) is 7.11 Å². The summed E-state index contributed by atoms with van der Waals surface area (Å²) in [7, 11) is 1.35. The van der Waals surface area contributed by atoms with Crippen molar-refractivity contribution in [1.29, 1.82) is 0 Å². The first-order chi connectivity index (χ1) is 7.24. The zero-order chi connectivity index (χ0) is 10.8. The molecule has 0 bridgehead atoms. The molecule has 4 heteroatoms. The molecule has 0 aliphatic carbocycles. The number of carbonyl (C=O) groups excluding carboxylic acids is 1. The summed E-state index contributed by atoms with van der Waals surface area (Å²) in [6.07, 6.45) is 0.775. The maximum atomic E-state index is 11.4. The molecule has 1 atom stereocenters. The van der Waals surface area contributed by atoms with Crippen LogP contribution in [0, 0.1) is 0 Å². The summed E-state index contributed by atoms with van der Waals surface area (Å²) in [6.45, 7) is 0.544. The van der Waals surface area contributed by atoms with E-state index in [2.05, 4.69) is 4.74 Å². The Balaban J connectivity index is 2.49. The van der Waals surface area contributed by atoms with E-state index >= 15 is 0 Å². The number of para-hydroxylation sites is 1. The Morgan fingerprint density at radius 1 is 1.60 bits per heavy atom. The number of hydrogen-bond acceptors (Lipinski definition) is 4. The first-order valence-corrected chi connectivity index (χ1v) is 4.83. The van der Waals surface area contributed by atoms with Gasteiger partial charge in [0.15, 0.2) is 0 Å². The molecule has 0 saturated carbocycles. The molecule has 0 saturated heterocycles. The van der Waals surface area contributed by atoms with Crippen molar-refractivity contribution < 1.29 is 14.3 Å². The van der Waals surface area contributed by atoms with E-state index < -0.39 is 0 Å². The van der Waals surface area contributed by atoms with Crippen LogP contribution in [0.25, 0.3) is 0 Å². The third-order valence-electron chi connectivity index (χ3n) is 2.53. The number of hydrogen-bond donors (Lipinski definition) is 1. The third kappa shape index (κ3) is 1.68. The summed E-state index contributed by atoms with van der Waals surface area (Å²) in [5.41, 5.74) is 7.25. The Labute approximate surface area is 88.0 Å². The van der Waals surface area contributed by atoms with E-state index in [4.69, 9.17) is 10.5 Å². The van der Waals surface area contributed by atoms with Crippen LogP contribution in [-0.2, 0) is 4.74 Å². The normalized spacial score (nSPS) is 18.9. The second-order valence-corrected chi connectivity index (χ2v) is 3.46.